The lowest BCUT2D eigenvalue weighted by Crippen LogP contribution is -2.46. The van der Waals surface area contributed by atoms with Crippen LogP contribution in [-0.2, 0) is 0 Å². The summed E-state index contributed by atoms with van der Waals surface area (Å²) in [5.74, 6) is 0. The summed E-state index contributed by atoms with van der Waals surface area (Å²) >= 11 is 3.81. The predicted octanol–water partition coefficient (Wildman–Crippen LogP) is 4.29. The van der Waals surface area contributed by atoms with Crippen LogP contribution in [-0.4, -0.2) is 32.0 Å². The van der Waals surface area contributed by atoms with Gasteiger partial charge in [0.2, 0.25) is 0 Å². The molecule has 3 rings (SSSR count). The minimum absolute atomic E-state index is 0.487. The molecular formula is C17H25BrN2. The van der Waals surface area contributed by atoms with Gasteiger partial charge in [-0.3, -0.25) is 0 Å². The van der Waals surface area contributed by atoms with Crippen molar-refractivity contribution in [3.05, 3.63) is 24.3 Å². The Morgan fingerprint density at radius 2 is 1.75 bits per heavy atom. The Morgan fingerprint density at radius 1 is 1.05 bits per heavy atom. The number of para-hydroxylation sites is 2. The molecule has 1 fully saturated rings. The molecule has 0 radical (unpaired) electrons. The van der Waals surface area contributed by atoms with Crippen molar-refractivity contribution in [2.24, 2.45) is 5.41 Å². The zero-order valence-corrected chi connectivity index (χ0v) is 14.0. The van der Waals surface area contributed by atoms with E-state index in [9.17, 15) is 0 Å². The summed E-state index contributed by atoms with van der Waals surface area (Å²) in [6.07, 6.45) is 7.00. The molecule has 2 aliphatic rings. The number of likely N-dealkylation sites (N-methyl/N-ethyl adjacent to an activating group) is 1. The standard InChI is InChI=1S/C17H25BrN2/c1-19-11-12-20(16-8-4-3-7-15(16)19)14-17(13-18)9-5-2-6-10-17/h3-4,7-8H,2,5-6,9-14H2,1H3. The summed E-state index contributed by atoms with van der Waals surface area (Å²) in [5, 5.41) is 1.15. The smallest absolute Gasteiger partial charge is 0.0604 e. The zero-order chi connectivity index (χ0) is 14.0. The minimum Gasteiger partial charge on any atom is -0.371 e. The van der Waals surface area contributed by atoms with Crippen molar-refractivity contribution < 1.29 is 0 Å². The fourth-order valence-electron chi connectivity index (χ4n) is 3.77. The van der Waals surface area contributed by atoms with E-state index in [4.69, 9.17) is 0 Å². The van der Waals surface area contributed by atoms with Crippen LogP contribution in [0.5, 0.6) is 0 Å². The van der Waals surface area contributed by atoms with Gasteiger partial charge in [0.25, 0.3) is 0 Å². The maximum atomic E-state index is 3.81. The molecule has 3 heteroatoms. The van der Waals surface area contributed by atoms with E-state index in [0.717, 1.165) is 18.4 Å². The quantitative estimate of drug-likeness (QED) is 0.759. The molecule has 0 bridgehead atoms. The number of fused-ring (bicyclic) bond motifs is 1. The first-order valence-corrected chi connectivity index (χ1v) is 8.97. The van der Waals surface area contributed by atoms with E-state index in [1.54, 1.807) is 0 Å². The summed E-state index contributed by atoms with van der Waals surface area (Å²) < 4.78 is 0. The van der Waals surface area contributed by atoms with E-state index in [0.29, 0.717) is 5.41 Å². The number of benzene rings is 1. The lowest BCUT2D eigenvalue weighted by Gasteiger charge is -2.44. The molecule has 20 heavy (non-hydrogen) atoms. The Labute approximate surface area is 131 Å². The Kier molecular flexibility index (Phi) is 4.25. The van der Waals surface area contributed by atoms with Gasteiger partial charge in [-0.05, 0) is 30.4 Å². The molecule has 1 saturated carbocycles. The molecule has 0 unspecified atom stereocenters. The highest BCUT2D eigenvalue weighted by Crippen LogP contribution is 2.41. The number of alkyl halides is 1. The Hall–Kier alpha value is -0.700. The van der Waals surface area contributed by atoms with E-state index in [-0.39, 0.29) is 0 Å². The van der Waals surface area contributed by atoms with Crippen LogP contribution in [0.15, 0.2) is 24.3 Å². The lowest BCUT2D eigenvalue weighted by molar-refractivity contribution is 0.229. The van der Waals surface area contributed by atoms with Gasteiger partial charge >= 0.3 is 0 Å². The van der Waals surface area contributed by atoms with E-state index < -0.39 is 0 Å². The maximum Gasteiger partial charge on any atom is 0.0604 e. The summed E-state index contributed by atoms with van der Waals surface area (Å²) in [6.45, 7) is 3.50. The van der Waals surface area contributed by atoms with E-state index in [2.05, 4.69) is 57.0 Å². The van der Waals surface area contributed by atoms with Crippen LogP contribution in [0, 0.1) is 5.41 Å². The number of nitrogens with zero attached hydrogens (tertiary/aromatic N) is 2. The molecule has 0 saturated heterocycles. The molecule has 1 heterocycles. The third kappa shape index (κ3) is 2.69. The lowest BCUT2D eigenvalue weighted by atomic mass is 9.75. The molecule has 1 aliphatic carbocycles. The van der Waals surface area contributed by atoms with Crippen molar-refractivity contribution in [1.29, 1.82) is 0 Å². The second-order valence-electron chi connectivity index (χ2n) is 6.53. The highest BCUT2D eigenvalue weighted by Gasteiger charge is 2.34. The van der Waals surface area contributed by atoms with Crippen molar-refractivity contribution in [1.82, 2.24) is 0 Å². The van der Waals surface area contributed by atoms with Gasteiger partial charge in [0.05, 0.1) is 11.4 Å². The average molecular weight is 337 g/mol. The predicted molar refractivity (Wildman–Crippen MR) is 91.2 cm³/mol. The van der Waals surface area contributed by atoms with Crippen LogP contribution in [0.1, 0.15) is 32.1 Å². The molecule has 0 spiro atoms. The number of hydrogen-bond acceptors (Lipinski definition) is 2. The SMILES string of the molecule is CN1CCN(CC2(CBr)CCCCC2)c2ccccc21. The summed E-state index contributed by atoms with van der Waals surface area (Å²) in [7, 11) is 2.21. The molecule has 0 amide bonds. The van der Waals surface area contributed by atoms with Gasteiger partial charge in [0, 0.05) is 32.0 Å². The Bertz CT molecular complexity index is 454. The van der Waals surface area contributed by atoms with E-state index >= 15 is 0 Å². The summed E-state index contributed by atoms with van der Waals surface area (Å²) in [4.78, 5) is 5.01. The van der Waals surface area contributed by atoms with Gasteiger partial charge in [-0.15, -0.1) is 0 Å². The second-order valence-corrected chi connectivity index (χ2v) is 7.09. The molecule has 0 atom stereocenters. The molecule has 1 aliphatic heterocycles. The van der Waals surface area contributed by atoms with Crippen molar-refractivity contribution >= 4 is 27.3 Å². The third-order valence-electron chi connectivity index (χ3n) is 5.06. The van der Waals surface area contributed by atoms with Crippen molar-refractivity contribution in [2.75, 3.05) is 41.8 Å². The maximum absolute atomic E-state index is 3.81. The van der Waals surface area contributed by atoms with Crippen LogP contribution in [0.3, 0.4) is 0 Å². The fourth-order valence-corrected chi connectivity index (χ4v) is 4.51. The van der Waals surface area contributed by atoms with Crippen LogP contribution >= 0.6 is 15.9 Å². The molecule has 1 aromatic rings. The van der Waals surface area contributed by atoms with Gasteiger partial charge in [-0.2, -0.15) is 0 Å². The first kappa shape index (κ1) is 14.2. The molecule has 110 valence electrons. The van der Waals surface area contributed by atoms with Crippen molar-refractivity contribution in [2.45, 2.75) is 32.1 Å². The number of halogens is 1. The molecule has 0 N–H and O–H groups in total. The van der Waals surface area contributed by atoms with Crippen LogP contribution in [0.25, 0.3) is 0 Å². The van der Waals surface area contributed by atoms with Crippen molar-refractivity contribution in [3.8, 4) is 0 Å². The summed E-state index contributed by atoms with van der Waals surface area (Å²) in [5.41, 5.74) is 3.30. The Balaban J connectivity index is 1.82. The van der Waals surface area contributed by atoms with Crippen LogP contribution in [0.2, 0.25) is 0 Å². The first-order valence-electron chi connectivity index (χ1n) is 7.85. The van der Waals surface area contributed by atoms with Crippen LogP contribution in [0.4, 0.5) is 11.4 Å². The number of anilines is 2. The fraction of sp³-hybridized carbons (Fsp3) is 0.647. The van der Waals surface area contributed by atoms with E-state index in [1.807, 2.05) is 0 Å². The molecular weight excluding hydrogens is 312 g/mol. The van der Waals surface area contributed by atoms with Gasteiger partial charge < -0.3 is 9.80 Å². The van der Waals surface area contributed by atoms with Crippen LogP contribution < -0.4 is 9.80 Å². The zero-order valence-electron chi connectivity index (χ0n) is 12.4. The minimum atomic E-state index is 0.487. The molecule has 1 aromatic carbocycles. The Morgan fingerprint density at radius 3 is 2.45 bits per heavy atom. The van der Waals surface area contributed by atoms with Gasteiger partial charge in [0.1, 0.15) is 0 Å². The highest BCUT2D eigenvalue weighted by atomic mass is 79.9. The van der Waals surface area contributed by atoms with E-state index in [1.165, 1.54) is 50.0 Å². The summed E-state index contributed by atoms with van der Waals surface area (Å²) in [6, 6.07) is 8.87. The first-order chi connectivity index (χ1) is 9.74. The largest absolute Gasteiger partial charge is 0.371 e. The van der Waals surface area contributed by atoms with Gasteiger partial charge in [-0.25, -0.2) is 0 Å². The van der Waals surface area contributed by atoms with Crippen molar-refractivity contribution in [3.63, 3.8) is 0 Å². The highest BCUT2D eigenvalue weighted by molar-refractivity contribution is 9.09. The molecule has 0 aromatic heterocycles. The number of rotatable bonds is 3. The van der Waals surface area contributed by atoms with Gasteiger partial charge in [0.15, 0.2) is 0 Å². The monoisotopic (exact) mass is 336 g/mol. The van der Waals surface area contributed by atoms with Gasteiger partial charge in [-0.1, -0.05) is 47.3 Å². The topological polar surface area (TPSA) is 6.48 Å². The second kappa shape index (κ2) is 5.97. The number of hydrogen-bond donors (Lipinski definition) is 0. The molecule has 2 nitrogen and oxygen atoms in total. The normalized spacial score (nSPS) is 21.7. The average Bonchev–Trinajstić information content (AvgIpc) is 2.51. The third-order valence-corrected chi connectivity index (χ3v) is 6.25.